The molecule has 3 aromatic rings. The van der Waals surface area contributed by atoms with Crippen molar-refractivity contribution in [3.63, 3.8) is 0 Å². The van der Waals surface area contributed by atoms with Gasteiger partial charge in [0, 0.05) is 48.0 Å². The summed E-state index contributed by atoms with van der Waals surface area (Å²) in [6, 6.07) is 8.25. The van der Waals surface area contributed by atoms with Gasteiger partial charge < -0.3 is 4.57 Å². The van der Waals surface area contributed by atoms with Crippen LogP contribution in [-0.4, -0.2) is 41.3 Å². The van der Waals surface area contributed by atoms with Gasteiger partial charge in [-0.2, -0.15) is 4.31 Å². The second kappa shape index (κ2) is 7.98. The summed E-state index contributed by atoms with van der Waals surface area (Å²) in [5.74, 6) is -0.379. The number of aromatic nitrogens is 2. The summed E-state index contributed by atoms with van der Waals surface area (Å²) < 4.78 is 29.1. The predicted octanol–water partition coefficient (Wildman–Crippen LogP) is 3.80. The lowest BCUT2D eigenvalue weighted by atomic mass is 10.2. The van der Waals surface area contributed by atoms with Gasteiger partial charge in [0.25, 0.3) is 5.91 Å². The van der Waals surface area contributed by atoms with E-state index in [1.54, 1.807) is 12.1 Å². The Morgan fingerprint density at radius 2 is 1.90 bits per heavy atom. The molecule has 1 N–H and O–H groups in total. The predicted molar refractivity (Wildman–Crippen MR) is 118 cm³/mol. The SMILES string of the molecule is Cc1cc(-c2csc(NC(=O)c3cccc(S(=O)(=O)N4CCCC4)c3)n2)c(C)n1C. The fraction of sp³-hybridized carbons (Fsp3) is 0.333. The first-order chi connectivity index (χ1) is 14.3. The molecule has 1 aliphatic rings. The average molecular weight is 445 g/mol. The zero-order valence-corrected chi connectivity index (χ0v) is 18.8. The molecule has 0 saturated carbocycles. The summed E-state index contributed by atoms with van der Waals surface area (Å²) in [6.07, 6.45) is 1.73. The summed E-state index contributed by atoms with van der Waals surface area (Å²) in [5.41, 5.74) is 4.37. The van der Waals surface area contributed by atoms with Gasteiger partial charge >= 0.3 is 0 Å². The Balaban J connectivity index is 1.54. The molecule has 0 unspecified atom stereocenters. The number of hydrogen-bond acceptors (Lipinski definition) is 5. The van der Waals surface area contributed by atoms with Gasteiger partial charge in [-0.3, -0.25) is 10.1 Å². The maximum absolute atomic E-state index is 12.8. The highest BCUT2D eigenvalue weighted by atomic mass is 32.2. The lowest BCUT2D eigenvalue weighted by molar-refractivity contribution is 0.102. The van der Waals surface area contributed by atoms with E-state index in [0.29, 0.717) is 23.8 Å². The van der Waals surface area contributed by atoms with E-state index in [1.807, 2.05) is 26.3 Å². The van der Waals surface area contributed by atoms with Gasteiger partial charge in [0.2, 0.25) is 10.0 Å². The van der Waals surface area contributed by atoms with Crippen LogP contribution in [0, 0.1) is 13.8 Å². The average Bonchev–Trinajstić information content (AvgIpc) is 3.47. The van der Waals surface area contributed by atoms with Crippen molar-refractivity contribution in [3.8, 4) is 11.3 Å². The monoisotopic (exact) mass is 444 g/mol. The molecule has 1 aromatic carbocycles. The molecule has 1 fully saturated rings. The lowest BCUT2D eigenvalue weighted by Gasteiger charge is -2.15. The number of thiazole rings is 1. The molecule has 2 aromatic heterocycles. The van der Waals surface area contributed by atoms with Crippen LogP contribution in [0.25, 0.3) is 11.3 Å². The molecule has 4 rings (SSSR count). The van der Waals surface area contributed by atoms with Gasteiger partial charge in [-0.15, -0.1) is 11.3 Å². The molecule has 3 heterocycles. The van der Waals surface area contributed by atoms with Crippen molar-refractivity contribution in [2.24, 2.45) is 7.05 Å². The third-order valence-corrected chi connectivity index (χ3v) is 8.23. The molecule has 9 heteroatoms. The molecule has 7 nitrogen and oxygen atoms in total. The van der Waals surface area contributed by atoms with Gasteiger partial charge in [-0.05, 0) is 51.0 Å². The van der Waals surface area contributed by atoms with Crippen molar-refractivity contribution in [1.82, 2.24) is 13.9 Å². The van der Waals surface area contributed by atoms with Crippen LogP contribution in [0.15, 0.2) is 40.6 Å². The molecule has 1 saturated heterocycles. The van der Waals surface area contributed by atoms with Crippen molar-refractivity contribution in [1.29, 1.82) is 0 Å². The number of benzene rings is 1. The Kier molecular flexibility index (Phi) is 5.52. The lowest BCUT2D eigenvalue weighted by Crippen LogP contribution is -2.28. The first-order valence-electron chi connectivity index (χ1n) is 9.78. The van der Waals surface area contributed by atoms with Crippen LogP contribution >= 0.6 is 11.3 Å². The smallest absolute Gasteiger partial charge is 0.257 e. The fourth-order valence-electron chi connectivity index (χ4n) is 3.61. The molecule has 0 aliphatic carbocycles. The number of sulfonamides is 1. The van der Waals surface area contributed by atoms with Gasteiger partial charge in [0.1, 0.15) is 0 Å². The van der Waals surface area contributed by atoms with Crippen LogP contribution in [0.1, 0.15) is 34.6 Å². The fourth-order valence-corrected chi connectivity index (χ4v) is 5.88. The van der Waals surface area contributed by atoms with E-state index in [-0.39, 0.29) is 10.8 Å². The first-order valence-corrected chi connectivity index (χ1v) is 12.1. The standard InChI is InChI=1S/C21H24N4O3S2/c1-14-11-18(15(2)24(14)3)19-13-29-21(22-19)23-20(26)16-7-6-8-17(12-16)30(27,28)25-9-4-5-10-25/h6-8,11-13H,4-5,9-10H2,1-3H3,(H,22,23,26). The van der Waals surface area contributed by atoms with Crippen molar-refractivity contribution in [2.75, 3.05) is 18.4 Å². The Labute approximate surface area is 180 Å². The number of amides is 1. The van der Waals surface area contributed by atoms with E-state index in [9.17, 15) is 13.2 Å². The summed E-state index contributed by atoms with van der Waals surface area (Å²) in [5, 5.41) is 5.17. The summed E-state index contributed by atoms with van der Waals surface area (Å²) in [6.45, 7) is 5.12. The summed E-state index contributed by atoms with van der Waals surface area (Å²) in [4.78, 5) is 17.4. The molecule has 1 amide bonds. The van der Waals surface area contributed by atoms with Gasteiger partial charge in [0.15, 0.2) is 5.13 Å². The van der Waals surface area contributed by atoms with Crippen molar-refractivity contribution in [3.05, 3.63) is 52.7 Å². The summed E-state index contributed by atoms with van der Waals surface area (Å²) in [7, 11) is -1.56. The van der Waals surface area contributed by atoms with E-state index >= 15 is 0 Å². The van der Waals surface area contributed by atoms with E-state index in [1.165, 1.54) is 27.8 Å². The van der Waals surface area contributed by atoms with Crippen molar-refractivity contribution < 1.29 is 13.2 Å². The molecule has 0 atom stereocenters. The summed E-state index contributed by atoms with van der Waals surface area (Å²) >= 11 is 1.34. The number of anilines is 1. The molecule has 30 heavy (non-hydrogen) atoms. The number of nitrogens with zero attached hydrogens (tertiary/aromatic N) is 3. The van der Waals surface area contributed by atoms with Crippen LogP contribution in [0.3, 0.4) is 0 Å². The minimum Gasteiger partial charge on any atom is -0.351 e. The number of aryl methyl sites for hydroxylation is 1. The highest BCUT2D eigenvalue weighted by Gasteiger charge is 2.27. The van der Waals surface area contributed by atoms with Crippen LogP contribution in [0.5, 0.6) is 0 Å². The third kappa shape index (κ3) is 3.80. The van der Waals surface area contributed by atoms with E-state index < -0.39 is 10.0 Å². The molecular formula is C21H24N4O3S2. The molecule has 158 valence electrons. The van der Waals surface area contributed by atoms with Crippen LogP contribution in [0.2, 0.25) is 0 Å². The quantitative estimate of drug-likeness (QED) is 0.649. The second-order valence-corrected chi connectivity index (χ2v) is 10.3. The van der Waals surface area contributed by atoms with E-state index in [0.717, 1.165) is 35.5 Å². The minimum absolute atomic E-state index is 0.146. The maximum Gasteiger partial charge on any atom is 0.257 e. The van der Waals surface area contributed by atoms with Gasteiger partial charge in [-0.25, -0.2) is 13.4 Å². The molecule has 0 bridgehead atoms. The molecule has 1 aliphatic heterocycles. The Morgan fingerprint density at radius 1 is 1.17 bits per heavy atom. The van der Waals surface area contributed by atoms with Crippen LogP contribution in [-0.2, 0) is 17.1 Å². The number of nitrogens with one attached hydrogen (secondary N) is 1. The van der Waals surface area contributed by atoms with Crippen molar-refractivity contribution >= 4 is 32.4 Å². The molecular weight excluding hydrogens is 420 g/mol. The Bertz CT molecular complexity index is 1200. The zero-order valence-electron chi connectivity index (χ0n) is 17.2. The van der Waals surface area contributed by atoms with Gasteiger partial charge in [0.05, 0.1) is 10.6 Å². The van der Waals surface area contributed by atoms with E-state index in [4.69, 9.17) is 0 Å². The zero-order chi connectivity index (χ0) is 21.5. The van der Waals surface area contributed by atoms with Gasteiger partial charge in [-0.1, -0.05) is 6.07 Å². The normalized spacial score (nSPS) is 14.9. The number of carbonyl (C=O) groups excluding carboxylic acids is 1. The number of hydrogen-bond donors (Lipinski definition) is 1. The topological polar surface area (TPSA) is 84.3 Å². The van der Waals surface area contributed by atoms with Crippen LogP contribution < -0.4 is 5.32 Å². The third-order valence-electron chi connectivity index (χ3n) is 5.57. The maximum atomic E-state index is 12.8. The second-order valence-electron chi connectivity index (χ2n) is 7.47. The highest BCUT2D eigenvalue weighted by Crippen LogP contribution is 2.29. The first kappa shape index (κ1) is 20.8. The Hall–Kier alpha value is -2.49. The molecule has 0 spiro atoms. The number of carbonyl (C=O) groups is 1. The molecule has 0 radical (unpaired) electrons. The van der Waals surface area contributed by atoms with Crippen molar-refractivity contribution in [2.45, 2.75) is 31.6 Å². The van der Waals surface area contributed by atoms with Crippen LogP contribution in [0.4, 0.5) is 5.13 Å². The minimum atomic E-state index is -3.57. The largest absolute Gasteiger partial charge is 0.351 e. The Morgan fingerprint density at radius 3 is 2.57 bits per heavy atom. The number of rotatable bonds is 5. The highest BCUT2D eigenvalue weighted by molar-refractivity contribution is 7.89. The van der Waals surface area contributed by atoms with E-state index in [2.05, 4.69) is 20.9 Å².